The number of amides is 1. The van der Waals surface area contributed by atoms with Crippen LogP contribution in [0.2, 0.25) is 0 Å². The third-order valence-electron chi connectivity index (χ3n) is 18.5. The number of allylic oxidation sites excluding steroid dienone is 3. The fourth-order valence-corrected chi connectivity index (χ4v) is 12.5. The Morgan fingerprint density at radius 2 is 0.553 bits per heavy atom. The number of ether oxygens (including phenoxy) is 1. The van der Waals surface area contributed by atoms with Crippen molar-refractivity contribution < 1.29 is 24.5 Å². The topological polar surface area (TPSA) is 95.9 Å². The molecule has 0 fully saturated rings. The number of carbonyl (C=O) groups is 2. The Morgan fingerprint density at radius 3 is 0.835 bits per heavy atom. The van der Waals surface area contributed by atoms with Gasteiger partial charge in [-0.05, 0) is 57.8 Å². The molecule has 0 saturated carbocycles. The van der Waals surface area contributed by atoms with E-state index in [2.05, 4.69) is 31.3 Å². The molecule has 0 aromatic rings. The largest absolute Gasteiger partial charge is 0.466 e. The molecule has 85 heavy (non-hydrogen) atoms. The van der Waals surface area contributed by atoms with Crippen LogP contribution >= 0.6 is 0 Å². The molecule has 0 radical (unpaired) electrons. The van der Waals surface area contributed by atoms with E-state index in [1.54, 1.807) is 6.08 Å². The number of rotatable bonds is 74. The van der Waals surface area contributed by atoms with Gasteiger partial charge >= 0.3 is 5.97 Å². The number of aliphatic hydroxyl groups is 2. The third kappa shape index (κ3) is 71.3. The first-order chi connectivity index (χ1) is 42.0. The normalized spacial score (nSPS) is 12.6. The molecule has 0 bridgehead atoms. The van der Waals surface area contributed by atoms with Crippen LogP contribution in [0.3, 0.4) is 0 Å². The summed E-state index contributed by atoms with van der Waals surface area (Å²) in [6, 6.07) is -0.624. The van der Waals surface area contributed by atoms with Gasteiger partial charge in [0.1, 0.15) is 0 Å². The van der Waals surface area contributed by atoms with Gasteiger partial charge in [0.2, 0.25) is 5.91 Å². The van der Waals surface area contributed by atoms with Crippen LogP contribution < -0.4 is 5.32 Å². The van der Waals surface area contributed by atoms with E-state index in [1.807, 2.05) is 6.08 Å². The van der Waals surface area contributed by atoms with Gasteiger partial charge in [0.15, 0.2) is 0 Å². The minimum absolute atomic E-state index is 0.0220. The lowest BCUT2D eigenvalue weighted by Crippen LogP contribution is -2.45. The predicted octanol–water partition coefficient (Wildman–Crippen LogP) is 25.7. The summed E-state index contributed by atoms with van der Waals surface area (Å²) in [6.45, 7) is 4.95. The lowest BCUT2D eigenvalue weighted by molar-refractivity contribution is -0.143. The monoisotopic (exact) mass is 1200 g/mol. The first-order valence-electron chi connectivity index (χ1n) is 39.1. The Labute approximate surface area is 532 Å². The maximum Gasteiger partial charge on any atom is 0.305 e. The Bertz CT molecular complexity index is 1330. The van der Waals surface area contributed by atoms with Gasteiger partial charge in [0.05, 0.1) is 25.4 Å². The molecule has 0 aliphatic heterocycles. The second-order valence-corrected chi connectivity index (χ2v) is 27.0. The minimum Gasteiger partial charge on any atom is -0.466 e. The Balaban J connectivity index is 3.31. The second-order valence-electron chi connectivity index (χ2n) is 27.0. The van der Waals surface area contributed by atoms with Crippen molar-refractivity contribution in [2.24, 2.45) is 0 Å². The first kappa shape index (κ1) is 83.3. The third-order valence-corrected chi connectivity index (χ3v) is 18.5. The van der Waals surface area contributed by atoms with Crippen molar-refractivity contribution in [1.29, 1.82) is 0 Å². The molecule has 0 aromatic carbocycles. The van der Waals surface area contributed by atoms with Crippen LogP contribution in [0.25, 0.3) is 0 Å². The maximum atomic E-state index is 12.5. The van der Waals surface area contributed by atoms with E-state index in [4.69, 9.17) is 4.74 Å². The summed E-state index contributed by atoms with van der Waals surface area (Å²) in [5.74, 6) is -0.0378. The lowest BCUT2D eigenvalue weighted by Gasteiger charge is -2.20. The molecule has 1 amide bonds. The Kier molecular flexibility index (Phi) is 73.3. The maximum absolute atomic E-state index is 12.5. The average Bonchev–Trinajstić information content (AvgIpc) is 3.51. The van der Waals surface area contributed by atoms with Crippen molar-refractivity contribution in [1.82, 2.24) is 5.32 Å². The van der Waals surface area contributed by atoms with Crippen molar-refractivity contribution in [3.63, 3.8) is 0 Å². The Morgan fingerprint density at radius 1 is 0.318 bits per heavy atom. The molecule has 3 N–H and O–H groups in total. The molecule has 2 unspecified atom stereocenters. The van der Waals surface area contributed by atoms with Crippen molar-refractivity contribution in [3.8, 4) is 0 Å². The minimum atomic E-state index is -0.841. The van der Waals surface area contributed by atoms with Crippen LogP contribution in [0.5, 0.6) is 0 Å². The summed E-state index contributed by atoms with van der Waals surface area (Å²) in [5, 5.41) is 23.2. The molecular weight excluding hydrogens is 1040 g/mol. The number of hydrogen-bond donors (Lipinski definition) is 3. The van der Waals surface area contributed by atoms with Crippen LogP contribution in [-0.2, 0) is 14.3 Å². The van der Waals surface area contributed by atoms with Crippen molar-refractivity contribution in [2.45, 2.75) is 456 Å². The van der Waals surface area contributed by atoms with Crippen molar-refractivity contribution in [3.05, 3.63) is 24.3 Å². The second kappa shape index (κ2) is 74.8. The van der Waals surface area contributed by atoms with E-state index in [0.717, 1.165) is 38.5 Å². The van der Waals surface area contributed by atoms with E-state index in [0.29, 0.717) is 19.4 Å². The Hall–Kier alpha value is -1.66. The van der Waals surface area contributed by atoms with Crippen molar-refractivity contribution in [2.75, 3.05) is 13.2 Å². The van der Waals surface area contributed by atoms with E-state index < -0.39 is 12.1 Å². The summed E-state index contributed by atoms with van der Waals surface area (Å²) in [4.78, 5) is 24.6. The molecular formula is C79H153NO5. The molecule has 6 heteroatoms. The standard InChI is InChI=1S/C79H153NO5/c1-3-5-7-9-11-13-15-17-19-21-37-41-45-49-53-57-61-65-69-73-79(84)85-74-70-66-62-58-54-50-46-42-39-36-34-32-30-28-26-24-22-23-25-27-29-31-33-35-38-40-44-48-52-56-60-64-68-72-78(83)80-76(75-81)77(82)71-67-63-59-55-51-47-43-20-18-16-14-12-10-8-6-4-2/h17,19,67,71,76-77,81-82H,3-16,18,20-66,68-70,72-75H2,1-2H3,(H,80,83)/b19-17-,71-67+. The van der Waals surface area contributed by atoms with Crippen LogP contribution in [0.4, 0.5) is 0 Å². The van der Waals surface area contributed by atoms with Gasteiger partial charge in [-0.2, -0.15) is 0 Å². The number of unbranched alkanes of at least 4 members (excludes halogenated alkanes) is 61. The zero-order chi connectivity index (χ0) is 61.3. The smallest absolute Gasteiger partial charge is 0.305 e. The molecule has 6 nitrogen and oxygen atoms in total. The van der Waals surface area contributed by atoms with Gasteiger partial charge in [-0.15, -0.1) is 0 Å². The number of esters is 1. The molecule has 0 heterocycles. The van der Waals surface area contributed by atoms with Gasteiger partial charge in [-0.1, -0.05) is 398 Å². The van der Waals surface area contributed by atoms with Gasteiger partial charge < -0.3 is 20.3 Å². The summed E-state index contributed by atoms with van der Waals surface area (Å²) < 4.78 is 5.52. The number of nitrogens with one attached hydrogen (secondary N) is 1. The summed E-state index contributed by atoms with van der Waals surface area (Å²) in [5.41, 5.74) is 0. The number of aliphatic hydroxyl groups excluding tert-OH is 2. The van der Waals surface area contributed by atoms with E-state index in [9.17, 15) is 19.8 Å². The average molecular weight is 1200 g/mol. The van der Waals surface area contributed by atoms with E-state index >= 15 is 0 Å². The van der Waals surface area contributed by atoms with E-state index in [-0.39, 0.29) is 18.5 Å². The fourth-order valence-electron chi connectivity index (χ4n) is 12.5. The number of hydrogen-bond acceptors (Lipinski definition) is 5. The first-order valence-corrected chi connectivity index (χ1v) is 39.1. The summed E-state index contributed by atoms with van der Waals surface area (Å²) in [7, 11) is 0. The highest BCUT2D eigenvalue weighted by molar-refractivity contribution is 5.76. The number of carbonyl (C=O) groups excluding carboxylic acids is 2. The van der Waals surface area contributed by atoms with Crippen LogP contribution in [0.1, 0.15) is 444 Å². The predicted molar refractivity (Wildman–Crippen MR) is 375 cm³/mol. The fraction of sp³-hybridized carbons (Fsp3) is 0.924. The SMILES string of the molecule is CCCCCCCC/C=C\CCCCCCCCCCCC(=O)OCCCCCCCCCCCCCCCCCCCCCCCCCCCCCCCCCCCC(=O)NC(CO)C(O)/C=C/CCCCCCCCCCCCCCCC. The van der Waals surface area contributed by atoms with Gasteiger partial charge in [-0.25, -0.2) is 0 Å². The molecule has 2 atom stereocenters. The molecule has 0 saturated heterocycles. The van der Waals surface area contributed by atoms with Crippen LogP contribution in [0, 0.1) is 0 Å². The van der Waals surface area contributed by atoms with Gasteiger partial charge in [-0.3, -0.25) is 9.59 Å². The molecule has 504 valence electrons. The molecule has 0 aliphatic rings. The van der Waals surface area contributed by atoms with Crippen LogP contribution in [0.15, 0.2) is 24.3 Å². The summed E-state index contributed by atoms with van der Waals surface area (Å²) >= 11 is 0. The molecule has 0 spiro atoms. The zero-order valence-electron chi connectivity index (χ0n) is 57.9. The highest BCUT2D eigenvalue weighted by Gasteiger charge is 2.18. The quantitative estimate of drug-likeness (QED) is 0.0320. The highest BCUT2D eigenvalue weighted by atomic mass is 16.5. The van der Waals surface area contributed by atoms with Crippen molar-refractivity contribution >= 4 is 11.9 Å². The van der Waals surface area contributed by atoms with Crippen LogP contribution in [-0.4, -0.2) is 47.4 Å². The van der Waals surface area contributed by atoms with E-state index in [1.165, 1.54) is 379 Å². The summed E-state index contributed by atoms with van der Waals surface area (Å²) in [6.07, 6.45) is 95.9. The molecule has 0 aliphatic carbocycles. The van der Waals surface area contributed by atoms with Gasteiger partial charge in [0, 0.05) is 12.8 Å². The lowest BCUT2D eigenvalue weighted by atomic mass is 10.0. The van der Waals surface area contributed by atoms with Gasteiger partial charge in [0.25, 0.3) is 0 Å². The highest BCUT2D eigenvalue weighted by Crippen LogP contribution is 2.20. The zero-order valence-corrected chi connectivity index (χ0v) is 57.9. The molecule has 0 rings (SSSR count). The molecule has 0 aromatic heterocycles.